The van der Waals surface area contributed by atoms with Gasteiger partial charge in [0.1, 0.15) is 58.4 Å². The van der Waals surface area contributed by atoms with Gasteiger partial charge in [-0.2, -0.15) is 0 Å². The molecule has 30 heteroatoms. The lowest BCUT2D eigenvalue weighted by atomic mass is 9.12. The van der Waals surface area contributed by atoms with Crippen LogP contribution in [0.15, 0.2) is 30.3 Å². The van der Waals surface area contributed by atoms with Crippen LogP contribution in [-0.2, 0) is 0 Å². The molecule has 0 heterocycles. The molecule has 0 atom stereocenters. The molecule has 0 unspecified atom stereocenters. The lowest BCUT2D eigenvalue weighted by Crippen LogP contribution is -3.00. The van der Waals surface area contributed by atoms with Gasteiger partial charge in [-0.05, 0) is 12.1 Å². The Morgan fingerprint density at radius 1 is 0.215 bits per heavy atom. The first-order valence-corrected chi connectivity index (χ1v) is 20.6. The molecule has 1 N–H and O–H groups in total. The molecule has 0 aliphatic heterocycles. The molecule has 0 aliphatic carbocycles. The van der Waals surface area contributed by atoms with E-state index in [4.69, 9.17) is 0 Å². The fraction of sp³-hybridized carbons (Fsp3) is 0.0612. The van der Waals surface area contributed by atoms with E-state index in [9.17, 15) is 35.1 Å². The van der Waals surface area contributed by atoms with Gasteiger partial charge in [0, 0.05) is 0 Å². The lowest BCUT2D eigenvalue weighted by Gasteiger charge is -2.45. The van der Waals surface area contributed by atoms with Crippen molar-refractivity contribution in [3.63, 3.8) is 0 Å². The van der Waals surface area contributed by atoms with E-state index in [0.717, 1.165) is 0 Å². The molecule has 0 spiro atoms. The van der Waals surface area contributed by atoms with Crippen LogP contribution in [0.25, 0.3) is 43.1 Å². The van der Waals surface area contributed by atoms with Crippen LogP contribution in [0.5, 0.6) is 0 Å². The van der Waals surface area contributed by atoms with Crippen molar-refractivity contribution in [2.75, 3.05) is 14.1 Å². The van der Waals surface area contributed by atoms with Gasteiger partial charge < -0.3 is 4.90 Å². The summed E-state index contributed by atoms with van der Waals surface area (Å²) >= 11 is 0. The van der Waals surface area contributed by atoms with E-state index in [1.165, 1.54) is 10.6 Å². The monoisotopic (exact) mass is 1160 g/mol. The highest BCUT2D eigenvalue weighted by Gasteiger charge is 2.52. The van der Waals surface area contributed by atoms with E-state index in [0.29, 0.717) is 0 Å². The van der Waals surface area contributed by atoms with Gasteiger partial charge in [-0.3, -0.25) is 0 Å². The van der Waals surface area contributed by atoms with Crippen LogP contribution in [0.2, 0.25) is 0 Å². The fourth-order valence-corrected chi connectivity index (χ4v) is 9.17. The highest BCUT2D eigenvalue weighted by Crippen LogP contribution is 2.41. The summed E-state index contributed by atoms with van der Waals surface area (Å²) in [4.78, 5) is 1.37. The maximum atomic E-state index is 17.4. The number of nitrogens with one attached hydrogen (secondary N) is 1. The maximum Gasteiger partial charge on any atom is 0.198 e. The van der Waals surface area contributed by atoms with Crippen molar-refractivity contribution in [1.29, 1.82) is 0 Å². The Morgan fingerprint density at radius 3 is 0.519 bits per heavy atom. The van der Waals surface area contributed by atoms with Crippen LogP contribution in [0.3, 0.4) is 0 Å². The van der Waals surface area contributed by atoms with Crippen LogP contribution in [0.4, 0.5) is 129 Å². The van der Waals surface area contributed by atoms with Gasteiger partial charge in [0.05, 0.1) is 57.2 Å². The first-order chi connectivity index (χ1) is 36.3. The van der Waals surface area contributed by atoms with Crippen LogP contribution >= 0.6 is 0 Å². The van der Waals surface area contributed by atoms with Gasteiger partial charge in [0.15, 0.2) is 116 Å². The van der Waals surface area contributed by atoms with Gasteiger partial charge in [0.25, 0.3) is 0 Å². The van der Waals surface area contributed by atoms with Gasteiger partial charge in [0.2, 0.25) is 0 Å². The molecule has 1 nitrogen and oxygen atoms in total. The Hall–Kier alpha value is -7.92. The number of benzene rings is 9. The van der Waals surface area contributed by atoms with E-state index >= 15 is 87.8 Å². The van der Waals surface area contributed by atoms with E-state index in [1.54, 1.807) is 0 Å². The molecule has 0 amide bonds. The van der Waals surface area contributed by atoms with Crippen LogP contribution in [0.1, 0.15) is 7.43 Å². The minimum Gasteiger partial charge on any atom is -0.307 e. The highest BCUT2D eigenvalue weighted by molar-refractivity contribution is 7.20. The van der Waals surface area contributed by atoms with Crippen LogP contribution in [-0.4, -0.2) is 20.2 Å². The first-order valence-electron chi connectivity index (χ1n) is 20.6. The number of para-hydroxylation sites is 1. The molecule has 0 saturated heterocycles. The molecule has 9 aromatic rings. The molecular formula is C49H16BF28N. The normalized spacial score (nSPS) is 11.9. The lowest BCUT2D eigenvalue weighted by molar-refractivity contribution is -0.786. The zero-order valence-electron chi connectivity index (χ0n) is 37.0. The molecule has 0 aliphatic rings. The van der Waals surface area contributed by atoms with Gasteiger partial charge in [-0.1, -0.05) is 25.6 Å². The Bertz CT molecular complexity index is 3680. The SMILES string of the molecule is C.C[NH+](C)c1ccccc1.Fc1c(F)c(F)c2c(F)c([B-](c3c(F)c(F)c4c(F)c(F)c(F)c(F)c4c3F)(c3c(F)c(F)c4c(F)c(F)c(F)c(F)c4c3F)c3c(F)c(F)c4c(F)c(F)c(F)c(F)c4c3F)c(F)c(F)c2c1F. The average molecular weight is 1160 g/mol. The molecule has 416 valence electrons. The largest absolute Gasteiger partial charge is 0.307 e. The van der Waals surface area contributed by atoms with Crippen molar-refractivity contribution in [2.24, 2.45) is 0 Å². The molecule has 0 aromatic heterocycles. The highest BCUT2D eigenvalue weighted by atomic mass is 19.2. The van der Waals surface area contributed by atoms with E-state index in [2.05, 4.69) is 38.4 Å². The van der Waals surface area contributed by atoms with Crippen molar-refractivity contribution >= 4 is 76.8 Å². The summed E-state index contributed by atoms with van der Waals surface area (Å²) in [6.45, 7) is 0. The first kappa shape index (κ1) is 58.8. The number of hydrogen-bond acceptors (Lipinski definition) is 0. The second-order valence-corrected chi connectivity index (χ2v) is 16.7. The Balaban J connectivity index is 0.000000821. The Morgan fingerprint density at radius 2 is 0.367 bits per heavy atom. The minimum absolute atomic E-state index is 0. The van der Waals surface area contributed by atoms with Crippen molar-refractivity contribution in [2.45, 2.75) is 7.43 Å². The average Bonchev–Trinajstić information content (AvgIpc) is 2.25. The van der Waals surface area contributed by atoms with Gasteiger partial charge in [-0.15, -0.1) is 21.9 Å². The third-order valence-corrected chi connectivity index (χ3v) is 12.6. The van der Waals surface area contributed by atoms with Crippen molar-refractivity contribution in [1.82, 2.24) is 0 Å². The molecule has 9 rings (SSSR count). The standard InChI is InChI=1S/C40BF28.C8H11N.CH4/c42-13-1-5(25(54)37(66)33(62)21(1)50)17(46)29(58)9(13)41(10-14(43)2-6(18(47)30(10)59)26(55)38(67)34(63)22(2)51,11-15(44)3-7(19(48)31(11)60)27(56)39(68)35(64)23(3)52)12-16(45)4-8(20(49)32(12)61)28(57)40(69)36(65)24(4)53;1-9(2)8-6-4-3-5-7-8;/h;3-7H,1-2H3;1H4/q-1;;/p+1. The van der Waals surface area contributed by atoms with E-state index < -0.39 is 234 Å². The summed E-state index contributed by atoms with van der Waals surface area (Å²) in [7, 11) is 4.24. The predicted octanol–water partition coefficient (Wildman–Crippen LogP) is 12.7. The number of hydrogen-bond donors (Lipinski definition) is 1. The summed E-state index contributed by atoms with van der Waals surface area (Å²) < 4.78 is 442. The Labute approximate surface area is 419 Å². The third kappa shape index (κ3) is 7.80. The fourth-order valence-electron chi connectivity index (χ4n) is 9.17. The summed E-state index contributed by atoms with van der Waals surface area (Å²) in [5, 5.41) is -25.0. The minimum atomic E-state index is -7.99. The second-order valence-electron chi connectivity index (χ2n) is 16.7. The second kappa shape index (κ2) is 20.1. The summed E-state index contributed by atoms with van der Waals surface area (Å²) in [5.74, 6) is -102. The zero-order valence-corrected chi connectivity index (χ0v) is 37.0. The number of quaternary nitrogens is 1. The molecule has 0 saturated carbocycles. The van der Waals surface area contributed by atoms with Crippen molar-refractivity contribution < 1.29 is 128 Å². The number of rotatable bonds is 5. The number of fused-ring (bicyclic) bond motifs is 4. The molecule has 0 radical (unpaired) electrons. The van der Waals surface area contributed by atoms with Gasteiger partial charge >= 0.3 is 0 Å². The smallest absolute Gasteiger partial charge is 0.198 e. The molecule has 0 bridgehead atoms. The predicted molar refractivity (Wildman–Crippen MR) is 225 cm³/mol. The maximum absolute atomic E-state index is 17.4. The third-order valence-electron chi connectivity index (χ3n) is 12.6. The quantitative estimate of drug-likeness (QED) is 0.0758. The summed E-state index contributed by atoms with van der Waals surface area (Å²) in [5.41, 5.74) is -14.5. The molecule has 79 heavy (non-hydrogen) atoms. The number of halogens is 28. The summed E-state index contributed by atoms with van der Waals surface area (Å²) in [6, 6.07) is 10.4. The van der Waals surface area contributed by atoms with Crippen LogP contribution in [0, 0.1) is 163 Å². The van der Waals surface area contributed by atoms with E-state index in [-0.39, 0.29) is 7.43 Å². The Kier molecular flexibility index (Phi) is 14.9. The van der Waals surface area contributed by atoms with Crippen molar-refractivity contribution in [3.05, 3.63) is 193 Å². The zero-order chi connectivity index (χ0) is 58.3. The topological polar surface area (TPSA) is 4.44 Å². The van der Waals surface area contributed by atoms with E-state index in [1.807, 2.05) is 6.07 Å². The van der Waals surface area contributed by atoms with Gasteiger partial charge in [-0.25, -0.2) is 123 Å². The van der Waals surface area contributed by atoms with Crippen LogP contribution < -0.4 is 26.8 Å². The van der Waals surface area contributed by atoms with Crippen molar-refractivity contribution in [3.8, 4) is 0 Å². The summed E-state index contributed by atoms with van der Waals surface area (Å²) in [6.07, 6.45) is -7.99. The molecule has 9 aromatic carbocycles. The molecular weight excluding hydrogens is 1150 g/mol. The molecule has 0 fully saturated rings.